The van der Waals surface area contributed by atoms with Gasteiger partial charge in [-0.25, -0.2) is 22.0 Å². The molecule has 0 radical (unpaired) electrons. The number of hydrogen-bond acceptors (Lipinski definition) is 4. The lowest BCUT2D eigenvalue weighted by atomic mass is 10.2. The minimum absolute atomic E-state index is 0.159. The molecule has 0 saturated carbocycles. The predicted molar refractivity (Wildman–Crippen MR) is 109 cm³/mol. The zero-order valence-electron chi connectivity index (χ0n) is 16.2. The van der Waals surface area contributed by atoms with Crippen LogP contribution in [0.4, 0.5) is 19.3 Å². The molecule has 1 saturated heterocycles. The van der Waals surface area contributed by atoms with Crippen molar-refractivity contribution < 1.29 is 26.7 Å². The highest BCUT2D eigenvalue weighted by Gasteiger charge is 2.33. The van der Waals surface area contributed by atoms with Crippen molar-refractivity contribution in [2.75, 3.05) is 24.0 Å². The summed E-state index contributed by atoms with van der Waals surface area (Å²) in [4.78, 5) is 13.5. The zero-order valence-corrected chi connectivity index (χ0v) is 17.8. The van der Waals surface area contributed by atoms with Gasteiger partial charge in [-0.05, 0) is 56.2 Å². The van der Waals surface area contributed by atoms with Crippen molar-refractivity contribution in [3.8, 4) is 0 Å². The van der Waals surface area contributed by atoms with Crippen LogP contribution in [0, 0.1) is 11.6 Å². The molecule has 30 heavy (non-hydrogen) atoms. The summed E-state index contributed by atoms with van der Waals surface area (Å²) in [7, 11) is -4.31. The van der Waals surface area contributed by atoms with E-state index in [4.69, 9.17) is 16.3 Å². The standard InChI is InChI=1S/C20H21ClF2N2O4S/c1-14(13-29-20(26)24-10-2-3-11-24)25(19-12-16(22)6-9-18(19)23)30(27,28)17-7-4-15(21)5-8-17/h4-9,12,14H,2-3,10-11,13H2,1H3. The Kier molecular flexibility index (Phi) is 6.82. The second-order valence-electron chi connectivity index (χ2n) is 6.97. The molecule has 2 aromatic carbocycles. The molecule has 0 aliphatic carbocycles. The molecule has 1 aliphatic heterocycles. The summed E-state index contributed by atoms with van der Waals surface area (Å²) in [5.74, 6) is -1.73. The first-order valence-corrected chi connectivity index (χ1v) is 11.2. The lowest BCUT2D eigenvalue weighted by molar-refractivity contribution is 0.106. The lowest BCUT2D eigenvalue weighted by Crippen LogP contribution is -2.43. The minimum atomic E-state index is -4.31. The van der Waals surface area contributed by atoms with Gasteiger partial charge in [0.1, 0.15) is 18.2 Å². The molecule has 1 atom stereocenters. The molecule has 1 fully saturated rings. The van der Waals surface area contributed by atoms with Gasteiger partial charge in [0.15, 0.2) is 0 Å². The van der Waals surface area contributed by atoms with Crippen molar-refractivity contribution in [3.05, 3.63) is 59.1 Å². The third-order valence-electron chi connectivity index (χ3n) is 4.73. The Morgan fingerprint density at radius 2 is 1.80 bits per heavy atom. The number of amides is 1. The van der Waals surface area contributed by atoms with E-state index in [1.165, 1.54) is 36.1 Å². The summed E-state index contributed by atoms with van der Waals surface area (Å²) in [6, 6.07) is 6.83. The van der Waals surface area contributed by atoms with Crippen LogP contribution < -0.4 is 4.31 Å². The van der Waals surface area contributed by atoms with Gasteiger partial charge in [0.25, 0.3) is 10.0 Å². The maximum Gasteiger partial charge on any atom is 0.409 e. The fourth-order valence-corrected chi connectivity index (χ4v) is 5.00. The van der Waals surface area contributed by atoms with Gasteiger partial charge < -0.3 is 9.64 Å². The Bertz CT molecular complexity index is 1010. The van der Waals surface area contributed by atoms with Crippen molar-refractivity contribution in [2.45, 2.75) is 30.7 Å². The van der Waals surface area contributed by atoms with Crippen LogP contribution in [0.3, 0.4) is 0 Å². The van der Waals surface area contributed by atoms with Crippen molar-refractivity contribution in [1.82, 2.24) is 4.90 Å². The van der Waals surface area contributed by atoms with Gasteiger partial charge >= 0.3 is 6.09 Å². The second-order valence-corrected chi connectivity index (χ2v) is 9.22. The minimum Gasteiger partial charge on any atom is -0.447 e. The fourth-order valence-electron chi connectivity index (χ4n) is 3.23. The van der Waals surface area contributed by atoms with Crippen LogP contribution in [0.2, 0.25) is 5.02 Å². The largest absolute Gasteiger partial charge is 0.447 e. The van der Waals surface area contributed by atoms with Crippen LogP contribution >= 0.6 is 11.6 Å². The van der Waals surface area contributed by atoms with Crippen LogP contribution in [0.1, 0.15) is 19.8 Å². The van der Waals surface area contributed by atoms with Crippen molar-refractivity contribution in [2.24, 2.45) is 0 Å². The number of anilines is 1. The molecule has 1 aliphatic rings. The number of hydrogen-bond donors (Lipinski definition) is 0. The molecule has 1 heterocycles. The fraction of sp³-hybridized carbons (Fsp3) is 0.350. The third-order valence-corrected chi connectivity index (χ3v) is 6.92. The Morgan fingerprint density at radius 1 is 1.17 bits per heavy atom. The Labute approximate surface area is 179 Å². The van der Waals surface area contributed by atoms with E-state index in [-0.39, 0.29) is 11.5 Å². The Balaban J connectivity index is 1.93. The van der Waals surface area contributed by atoms with Gasteiger partial charge in [-0.3, -0.25) is 4.31 Å². The Hall–Kier alpha value is -2.39. The smallest absolute Gasteiger partial charge is 0.409 e. The summed E-state index contributed by atoms with van der Waals surface area (Å²) in [5, 5.41) is 0.324. The Morgan fingerprint density at radius 3 is 2.43 bits per heavy atom. The van der Waals surface area contributed by atoms with E-state index in [1.807, 2.05) is 0 Å². The molecule has 0 spiro atoms. The van der Waals surface area contributed by atoms with E-state index >= 15 is 0 Å². The van der Waals surface area contributed by atoms with E-state index < -0.39 is 39.5 Å². The van der Waals surface area contributed by atoms with Crippen LogP contribution in [0.15, 0.2) is 47.4 Å². The summed E-state index contributed by atoms with van der Waals surface area (Å²) >= 11 is 5.83. The molecule has 10 heteroatoms. The number of nitrogens with zero attached hydrogens (tertiary/aromatic N) is 2. The predicted octanol–water partition coefficient (Wildman–Crippen LogP) is 4.43. The van der Waals surface area contributed by atoms with Crippen LogP contribution in [-0.2, 0) is 14.8 Å². The van der Waals surface area contributed by atoms with Gasteiger partial charge in [0, 0.05) is 24.2 Å². The third kappa shape index (κ3) is 4.84. The number of ether oxygens (including phenoxy) is 1. The van der Waals surface area contributed by atoms with Gasteiger partial charge in [-0.1, -0.05) is 11.6 Å². The molecule has 1 unspecified atom stereocenters. The molecule has 0 N–H and O–H groups in total. The summed E-state index contributed by atoms with van der Waals surface area (Å²) in [6.45, 7) is 2.25. The number of likely N-dealkylation sites (tertiary alicyclic amines) is 1. The normalized spacial score (nSPS) is 15.1. The lowest BCUT2D eigenvalue weighted by Gasteiger charge is -2.31. The zero-order chi connectivity index (χ0) is 21.9. The molecule has 2 aromatic rings. The van der Waals surface area contributed by atoms with Crippen molar-refractivity contribution >= 4 is 33.4 Å². The van der Waals surface area contributed by atoms with Crippen molar-refractivity contribution in [3.63, 3.8) is 0 Å². The first kappa shape index (κ1) is 22.3. The highest BCUT2D eigenvalue weighted by molar-refractivity contribution is 7.92. The molecule has 3 rings (SSSR count). The van der Waals surface area contributed by atoms with Gasteiger partial charge in [-0.2, -0.15) is 0 Å². The quantitative estimate of drug-likeness (QED) is 0.642. The summed E-state index contributed by atoms with van der Waals surface area (Å²) in [5.41, 5.74) is -0.477. The van der Waals surface area contributed by atoms with E-state index in [0.717, 1.165) is 35.3 Å². The average Bonchev–Trinajstić information content (AvgIpc) is 3.24. The topological polar surface area (TPSA) is 66.9 Å². The SMILES string of the molecule is CC(COC(=O)N1CCCC1)N(c1cc(F)ccc1F)S(=O)(=O)c1ccc(Cl)cc1. The van der Waals surface area contributed by atoms with Gasteiger partial charge in [0.2, 0.25) is 0 Å². The maximum atomic E-state index is 14.5. The van der Waals surface area contributed by atoms with E-state index in [9.17, 15) is 22.0 Å². The average molecular weight is 459 g/mol. The number of sulfonamides is 1. The molecule has 1 amide bonds. The number of carbonyl (C=O) groups is 1. The first-order chi connectivity index (χ1) is 14.2. The number of rotatable bonds is 6. The monoisotopic (exact) mass is 458 g/mol. The van der Waals surface area contributed by atoms with Crippen LogP contribution in [0.25, 0.3) is 0 Å². The molecule has 162 valence electrons. The number of halogens is 3. The second kappa shape index (κ2) is 9.18. The maximum absolute atomic E-state index is 14.5. The van der Waals surface area contributed by atoms with Gasteiger partial charge in [-0.15, -0.1) is 0 Å². The van der Waals surface area contributed by atoms with E-state index in [0.29, 0.717) is 18.1 Å². The van der Waals surface area contributed by atoms with E-state index in [1.54, 1.807) is 0 Å². The van der Waals surface area contributed by atoms with E-state index in [2.05, 4.69) is 0 Å². The van der Waals surface area contributed by atoms with Gasteiger partial charge in [0.05, 0.1) is 16.6 Å². The number of benzene rings is 2. The number of carbonyl (C=O) groups excluding carboxylic acids is 1. The molecular formula is C20H21ClF2N2O4S. The first-order valence-electron chi connectivity index (χ1n) is 9.37. The summed E-state index contributed by atoms with van der Waals surface area (Å²) < 4.78 is 60.9. The molecule has 0 aromatic heterocycles. The highest BCUT2D eigenvalue weighted by Crippen LogP contribution is 2.30. The molecule has 0 bridgehead atoms. The van der Waals surface area contributed by atoms with Crippen LogP contribution in [-0.4, -0.2) is 45.1 Å². The van der Waals surface area contributed by atoms with Crippen LogP contribution in [0.5, 0.6) is 0 Å². The molecular weight excluding hydrogens is 438 g/mol. The van der Waals surface area contributed by atoms with Crippen molar-refractivity contribution in [1.29, 1.82) is 0 Å². The highest BCUT2D eigenvalue weighted by atomic mass is 35.5. The molecule has 6 nitrogen and oxygen atoms in total. The summed E-state index contributed by atoms with van der Waals surface area (Å²) in [6.07, 6.45) is 1.18.